The fourth-order valence-corrected chi connectivity index (χ4v) is 3.18. The van der Waals surface area contributed by atoms with Gasteiger partial charge in [0.15, 0.2) is 0 Å². The normalized spacial score (nSPS) is 30.3. The van der Waals surface area contributed by atoms with E-state index in [1.807, 2.05) is 0 Å². The maximum Gasteiger partial charge on any atom is 0.0900 e. The molecule has 0 aromatic carbocycles. The van der Waals surface area contributed by atoms with Crippen molar-refractivity contribution in [1.82, 2.24) is 10.2 Å². The number of likely N-dealkylation sites (tertiary alicyclic amines) is 1. The van der Waals surface area contributed by atoms with Crippen molar-refractivity contribution < 1.29 is 9.84 Å². The van der Waals surface area contributed by atoms with Crippen molar-refractivity contribution in [1.29, 1.82) is 0 Å². The number of unbranched alkanes of at least 4 members (excludes halogenated alkanes) is 1. The molecule has 2 heterocycles. The van der Waals surface area contributed by atoms with E-state index in [1.165, 1.54) is 12.8 Å². The number of hydrogen-bond donors (Lipinski definition) is 2. The fraction of sp³-hybridized carbons (Fsp3) is 1.00. The van der Waals surface area contributed by atoms with Crippen molar-refractivity contribution in [3.8, 4) is 0 Å². The first-order chi connectivity index (χ1) is 8.81. The summed E-state index contributed by atoms with van der Waals surface area (Å²) in [6.45, 7) is 7.57. The Balaban J connectivity index is 1.67. The third kappa shape index (κ3) is 3.92. The van der Waals surface area contributed by atoms with Gasteiger partial charge >= 0.3 is 0 Å². The van der Waals surface area contributed by atoms with Crippen LogP contribution in [-0.2, 0) is 4.74 Å². The molecule has 2 saturated heterocycles. The van der Waals surface area contributed by atoms with Gasteiger partial charge in [-0.1, -0.05) is 13.3 Å². The Bertz CT molecular complexity index is 238. The highest BCUT2D eigenvalue weighted by molar-refractivity contribution is 4.92. The number of nitrogens with zero attached hydrogens (tertiary/aromatic N) is 1. The largest absolute Gasteiger partial charge is 0.389 e. The second kappa shape index (κ2) is 7.43. The summed E-state index contributed by atoms with van der Waals surface area (Å²) in [5, 5.41) is 13.5. The number of nitrogens with one attached hydrogen (secondary N) is 1. The predicted octanol–water partition coefficient (Wildman–Crippen LogP) is 0.848. The van der Waals surface area contributed by atoms with Crippen LogP contribution in [0, 0.1) is 5.92 Å². The lowest BCUT2D eigenvalue weighted by Crippen LogP contribution is -2.48. The molecule has 0 amide bonds. The average molecular weight is 256 g/mol. The predicted molar refractivity (Wildman–Crippen MR) is 72.7 cm³/mol. The van der Waals surface area contributed by atoms with Crippen LogP contribution >= 0.6 is 0 Å². The summed E-state index contributed by atoms with van der Waals surface area (Å²) >= 11 is 0. The molecule has 106 valence electrons. The Morgan fingerprint density at radius 1 is 1.44 bits per heavy atom. The minimum absolute atomic E-state index is 0.332. The van der Waals surface area contributed by atoms with Crippen LogP contribution in [0.4, 0.5) is 0 Å². The van der Waals surface area contributed by atoms with Crippen LogP contribution in [0.2, 0.25) is 0 Å². The Morgan fingerprint density at radius 2 is 2.33 bits per heavy atom. The standard InChI is InChI=1S/C14H28N2O2/c1-2-3-7-18-11-13(17)10-16-6-4-5-12-8-15-9-14(12)16/h12-15,17H,2-11H2,1H3. The van der Waals surface area contributed by atoms with Gasteiger partial charge in [-0.25, -0.2) is 0 Å². The lowest BCUT2D eigenvalue weighted by Gasteiger charge is -2.38. The molecule has 4 nitrogen and oxygen atoms in total. The number of fused-ring (bicyclic) bond motifs is 1. The van der Waals surface area contributed by atoms with Gasteiger partial charge in [0, 0.05) is 25.7 Å². The number of aliphatic hydroxyl groups excluding tert-OH is 1. The van der Waals surface area contributed by atoms with Crippen LogP contribution in [0.5, 0.6) is 0 Å². The first-order valence-electron chi connectivity index (χ1n) is 7.51. The summed E-state index contributed by atoms with van der Waals surface area (Å²) in [4.78, 5) is 2.46. The smallest absolute Gasteiger partial charge is 0.0900 e. The van der Waals surface area contributed by atoms with Crippen LogP contribution < -0.4 is 5.32 Å². The Hall–Kier alpha value is -0.160. The molecule has 3 atom stereocenters. The third-order valence-electron chi connectivity index (χ3n) is 4.19. The van der Waals surface area contributed by atoms with Crippen molar-refractivity contribution in [3.63, 3.8) is 0 Å². The van der Waals surface area contributed by atoms with E-state index in [4.69, 9.17) is 4.74 Å². The van der Waals surface area contributed by atoms with E-state index in [1.54, 1.807) is 0 Å². The maximum absolute atomic E-state index is 10.0. The van der Waals surface area contributed by atoms with Gasteiger partial charge in [0.05, 0.1) is 12.7 Å². The fourth-order valence-electron chi connectivity index (χ4n) is 3.18. The van der Waals surface area contributed by atoms with Crippen LogP contribution in [0.25, 0.3) is 0 Å². The third-order valence-corrected chi connectivity index (χ3v) is 4.19. The SMILES string of the molecule is CCCCOCC(O)CN1CCCC2CNCC21. The van der Waals surface area contributed by atoms with Crippen molar-refractivity contribution in [2.45, 2.75) is 44.8 Å². The molecule has 0 aromatic rings. The van der Waals surface area contributed by atoms with Crippen molar-refractivity contribution >= 4 is 0 Å². The Labute approximate surface area is 111 Å². The zero-order chi connectivity index (χ0) is 12.8. The number of piperidine rings is 1. The number of rotatable bonds is 7. The molecule has 0 aliphatic carbocycles. The molecule has 0 radical (unpaired) electrons. The topological polar surface area (TPSA) is 44.7 Å². The molecule has 18 heavy (non-hydrogen) atoms. The maximum atomic E-state index is 10.0. The monoisotopic (exact) mass is 256 g/mol. The van der Waals surface area contributed by atoms with Crippen LogP contribution in [0.3, 0.4) is 0 Å². The van der Waals surface area contributed by atoms with Gasteiger partial charge in [-0.15, -0.1) is 0 Å². The molecule has 4 heteroatoms. The van der Waals surface area contributed by atoms with Gasteiger partial charge in [-0.2, -0.15) is 0 Å². The van der Waals surface area contributed by atoms with Gasteiger partial charge in [0.1, 0.15) is 0 Å². The van der Waals surface area contributed by atoms with E-state index < -0.39 is 0 Å². The lowest BCUT2D eigenvalue weighted by molar-refractivity contribution is -0.00175. The summed E-state index contributed by atoms with van der Waals surface area (Å²) in [7, 11) is 0. The van der Waals surface area contributed by atoms with Crippen molar-refractivity contribution in [2.24, 2.45) is 5.92 Å². The second-order valence-corrected chi connectivity index (χ2v) is 5.71. The molecular weight excluding hydrogens is 228 g/mol. The van der Waals surface area contributed by atoms with Gasteiger partial charge in [-0.3, -0.25) is 4.90 Å². The van der Waals surface area contributed by atoms with Gasteiger partial charge in [-0.05, 0) is 38.3 Å². The number of β-amino-alcohol motifs (C(OH)–C–C–N with tert-alkyl or cyclic N) is 1. The summed E-state index contributed by atoms with van der Waals surface area (Å²) in [5.74, 6) is 0.798. The quantitative estimate of drug-likeness (QED) is 0.663. The molecule has 2 fully saturated rings. The van der Waals surface area contributed by atoms with Crippen LogP contribution in [-0.4, -0.2) is 61.5 Å². The molecule has 0 saturated carbocycles. The minimum atomic E-state index is -0.332. The summed E-state index contributed by atoms with van der Waals surface area (Å²) in [5.41, 5.74) is 0. The molecule has 2 N–H and O–H groups in total. The molecule has 2 aliphatic heterocycles. The van der Waals surface area contributed by atoms with Crippen LogP contribution in [0.15, 0.2) is 0 Å². The van der Waals surface area contributed by atoms with Gasteiger partial charge in [0.25, 0.3) is 0 Å². The average Bonchev–Trinajstić information content (AvgIpc) is 2.84. The van der Waals surface area contributed by atoms with E-state index in [9.17, 15) is 5.11 Å². The highest BCUT2D eigenvalue weighted by Gasteiger charge is 2.35. The zero-order valence-corrected chi connectivity index (χ0v) is 11.6. The molecule has 0 spiro atoms. The zero-order valence-electron chi connectivity index (χ0n) is 11.6. The summed E-state index contributed by atoms with van der Waals surface area (Å²) in [6, 6.07) is 0.643. The molecule has 2 rings (SSSR count). The van der Waals surface area contributed by atoms with E-state index >= 15 is 0 Å². The second-order valence-electron chi connectivity index (χ2n) is 5.71. The van der Waals surface area contributed by atoms with E-state index in [0.717, 1.165) is 51.5 Å². The first-order valence-corrected chi connectivity index (χ1v) is 7.51. The summed E-state index contributed by atoms with van der Waals surface area (Å²) < 4.78 is 5.50. The highest BCUT2D eigenvalue weighted by atomic mass is 16.5. The van der Waals surface area contributed by atoms with E-state index in [-0.39, 0.29) is 6.10 Å². The minimum Gasteiger partial charge on any atom is -0.389 e. The number of aliphatic hydroxyl groups is 1. The molecule has 0 bridgehead atoms. The molecule has 2 aliphatic rings. The highest BCUT2D eigenvalue weighted by Crippen LogP contribution is 2.26. The van der Waals surface area contributed by atoms with Crippen LogP contribution in [0.1, 0.15) is 32.6 Å². The van der Waals surface area contributed by atoms with E-state index in [2.05, 4.69) is 17.1 Å². The van der Waals surface area contributed by atoms with Gasteiger partial charge in [0.2, 0.25) is 0 Å². The molecular formula is C14H28N2O2. The van der Waals surface area contributed by atoms with Gasteiger partial charge < -0.3 is 15.2 Å². The van der Waals surface area contributed by atoms with E-state index in [0.29, 0.717) is 12.6 Å². The Kier molecular flexibility index (Phi) is 5.89. The Morgan fingerprint density at radius 3 is 3.17 bits per heavy atom. The first kappa shape index (κ1) is 14.3. The summed E-state index contributed by atoms with van der Waals surface area (Å²) in [6.07, 6.45) is 4.52. The van der Waals surface area contributed by atoms with Crippen molar-refractivity contribution in [2.75, 3.05) is 39.4 Å². The van der Waals surface area contributed by atoms with Crippen molar-refractivity contribution in [3.05, 3.63) is 0 Å². The number of ether oxygens (including phenoxy) is 1. The number of hydrogen-bond acceptors (Lipinski definition) is 4. The lowest BCUT2D eigenvalue weighted by atomic mass is 9.92. The molecule has 3 unspecified atom stereocenters. The molecule has 0 aromatic heterocycles.